The third-order valence-electron chi connectivity index (χ3n) is 4.77. The number of ether oxygens (including phenoxy) is 1. The Balaban J connectivity index is 1.37. The SMILES string of the molecule is C[C@@H](NC(=O)COc1ccccc1C(=O)Nc1ccccc1)c1cc2ccccc2o1. The van der Waals surface area contributed by atoms with Crippen LogP contribution in [0.15, 0.2) is 89.3 Å². The minimum atomic E-state index is -0.319. The van der Waals surface area contributed by atoms with Crippen molar-refractivity contribution < 1.29 is 18.7 Å². The van der Waals surface area contributed by atoms with Gasteiger partial charge in [0.2, 0.25) is 0 Å². The van der Waals surface area contributed by atoms with Crippen LogP contribution >= 0.6 is 0 Å². The Bertz CT molecular complexity index is 1170. The van der Waals surface area contributed by atoms with E-state index in [0.717, 1.165) is 11.0 Å². The lowest BCUT2D eigenvalue weighted by Crippen LogP contribution is -2.31. The summed E-state index contributed by atoms with van der Waals surface area (Å²) in [6, 6.07) is 25.2. The van der Waals surface area contributed by atoms with Gasteiger partial charge in [0.15, 0.2) is 6.61 Å². The van der Waals surface area contributed by atoms with E-state index >= 15 is 0 Å². The van der Waals surface area contributed by atoms with E-state index < -0.39 is 0 Å². The molecule has 0 aliphatic rings. The first kappa shape index (κ1) is 20.2. The van der Waals surface area contributed by atoms with Crippen LogP contribution < -0.4 is 15.4 Å². The lowest BCUT2D eigenvalue weighted by molar-refractivity contribution is -0.123. The molecule has 0 bridgehead atoms. The van der Waals surface area contributed by atoms with Crippen LogP contribution in [-0.2, 0) is 4.79 Å². The monoisotopic (exact) mass is 414 g/mol. The quantitative estimate of drug-likeness (QED) is 0.449. The molecule has 1 heterocycles. The van der Waals surface area contributed by atoms with E-state index in [1.54, 1.807) is 36.4 Å². The highest BCUT2D eigenvalue weighted by Gasteiger charge is 2.17. The summed E-state index contributed by atoms with van der Waals surface area (Å²) in [5.41, 5.74) is 1.80. The van der Waals surface area contributed by atoms with E-state index in [-0.39, 0.29) is 24.5 Å². The van der Waals surface area contributed by atoms with Crippen molar-refractivity contribution in [3.8, 4) is 5.75 Å². The van der Waals surface area contributed by atoms with Crippen molar-refractivity contribution in [3.63, 3.8) is 0 Å². The highest BCUT2D eigenvalue weighted by Crippen LogP contribution is 2.24. The van der Waals surface area contributed by atoms with Gasteiger partial charge in [0.1, 0.15) is 17.1 Å². The van der Waals surface area contributed by atoms with Crippen molar-refractivity contribution in [1.29, 1.82) is 0 Å². The van der Waals surface area contributed by atoms with Crippen LogP contribution in [0.1, 0.15) is 29.1 Å². The molecule has 3 aromatic carbocycles. The maximum absolute atomic E-state index is 12.6. The minimum Gasteiger partial charge on any atom is -0.483 e. The maximum Gasteiger partial charge on any atom is 0.259 e. The van der Waals surface area contributed by atoms with Gasteiger partial charge in [0.05, 0.1) is 11.6 Å². The fourth-order valence-electron chi connectivity index (χ4n) is 3.21. The summed E-state index contributed by atoms with van der Waals surface area (Å²) < 4.78 is 11.4. The van der Waals surface area contributed by atoms with Crippen molar-refractivity contribution in [3.05, 3.63) is 96.3 Å². The lowest BCUT2D eigenvalue weighted by Gasteiger charge is -2.14. The van der Waals surface area contributed by atoms with Crippen LogP contribution in [0.4, 0.5) is 5.69 Å². The molecule has 0 spiro atoms. The molecule has 1 atom stereocenters. The summed E-state index contributed by atoms with van der Waals surface area (Å²) in [6.07, 6.45) is 0. The Morgan fingerprint density at radius 2 is 1.65 bits per heavy atom. The Morgan fingerprint density at radius 3 is 2.45 bits per heavy atom. The van der Waals surface area contributed by atoms with Crippen molar-refractivity contribution >= 4 is 28.5 Å². The molecule has 0 radical (unpaired) electrons. The van der Waals surface area contributed by atoms with Crippen molar-refractivity contribution in [1.82, 2.24) is 5.32 Å². The Kier molecular flexibility index (Phi) is 5.98. The van der Waals surface area contributed by atoms with Gasteiger partial charge >= 0.3 is 0 Å². The molecule has 6 nitrogen and oxygen atoms in total. The summed E-state index contributed by atoms with van der Waals surface area (Å²) in [5.74, 6) is 0.378. The van der Waals surface area contributed by atoms with E-state index in [4.69, 9.17) is 9.15 Å². The first-order chi connectivity index (χ1) is 15.1. The van der Waals surface area contributed by atoms with Gasteiger partial charge in [-0.3, -0.25) is 9.59 Å². The topological polar surface area (TPSA) is 80.6 Å². The predicted molar refractivity (Wildman–Crippen MR) is 119 cm³/mol. The zero-order valence-electron chi connectivity index (χ0n) is 17.0. The number of hydrogen-bond acceptors (Lipinski definition) is 4. The normalized spacial score (nSPS) is 11.6. The van der Waals surface area contributed by atoms with Crippen LogP contribution in [0.25, 0.3) is 11.0 Å². The molecule has 1 aromatic heterocycles. The van der Waals surface area contributed by atoms with Crippen molar-refractivity contribution in [2.75, 3.05) is 11.9 Å². The summed E-state index contributed by atoms with van der Waals surface area (Å²) >= 11 is 0. The minimum absolute atomic E-state index is 0.222. The number of amides is 2. The zero-order chi connectivity index (χ0) is 21.6. The van der Waals surface area contributed by atoms with Gasteiger partial charge in [-0.05, 0) is 43.3 Å². The maximum atomic E-state index is 12.6. The Hall–Kier alpha value is -4.06. The summed E-state index contributed by atoms with van der Waals surface area (Å²) in [4.78, 5) is 25.0. The second kappa shape index (κ2) is 9.17. The number of benzene rings is 3. The number of rotatable bonds is 7. The number of para-hydroxylation sites is 3. The van der Waals surface area contributed by atoms with Crippen LogP contribution in [0.3, 0.4) is 0 Å². The molecular formula is C25H22N2O4. The molecule has 156 valence electrons. The van der Waals surface area contributed by atoms with Gasteiger partial charge in [0.25, 0.3) is 11.8 Å². The predicted octanol–water partition coefficient (Wildman–Crippen LogP) is 4.94. The van der Waals surface area contributed by atoms with Gasteiger partial charge in [0, 0.05) is 11.1 Å². The van der Waals surface area contributed by atoms with E-state index in [1.807, 2.05) is 55.5 Å². The number of fused-ring (bicyclic) bond motifs is 1. The summed E-state index contributed by atoms with van der Waals surface area (Å²) in [5, 5.41) is 6.66. The Morgan fingerprint density at radius 1 is 0.935 bits per heavy atom. The van der Waals surface area contributed by atoms with E-state index in [1.165, 1.54) is 0 Å². The molecule has 0 saturated carbocycles. The van der Waals surface area contributed by atoms with Crippen LogP contribution in [0, 0.1) is 0 Å². The molecule has 31 heavy (non-hydrogen) atoms. The number of carbonyl (C=O) groups is 2. The molecule has 0 fully saturated rings. The fraction of sp³-hybridized carbons (Fsp3) is 0.120. The average molecular weight is 414 g/mol. The first-order valence-electron chi connectivity index (χ1n) is 9.96. The highest BCUT2D eigenvalue weighted by atomic mass is 16.5. The van der Waals surface area contributed by atoms with Gasteiger partial charge in [-0.2, -0.15) is 0 Å². The summed E-state index contributed by atoms with van der Waals surface area (Å²) in [7, 11) is 0. The number of hydrogen-bond donors (Lipinski definition) is 2. The molecule has 0 saturated heterocycles. The third-order valence-corrected chi connectivity index (χ3v) is 4.77. The molecule has 6 heteroatoms. The molecule has 0 unspecified atom stereocenters. The number of carbonyl (C=O) groups excluding carboxylic acids is 2. The van der Waals surface area contributed by atoms with Gasteiger partial charge in [-0.15, -0.1) is 0 Å². The molecule has 2 N–H and O–H groups in total. The molecule has 4 rings (SSSR count). The second-order valence-electron chi connectivity index (χ2n) is 7.08. The molecular weight excluding hydrogens is 392 g/mol. The highest BCUT2D eigenvalue weighted by molar-refractivity contribution is 6.06. The number of anilines is 1. The summed E-state index contributed by atoms with van der Waals surface area (Å²) in [6.45, 7) is 1.62. The third kappa shape index (κ3) is 4.93. The molecule has 2 amide bonds. The van der Waals surface area contributed by atoms with Gasteiger partial charge in [-0.1, -0.05) is 48.5 Å². The lowest BCUT2D eigenvalue weighted by atomic mass is 10.2. The van der Waals surface area contributed by atoms with Crippen molar-refractivity contribution in [2.45, 2.75) is 13.0 Å². The standard InChI is InChI=1S/C25H22N2O4/c1-17(23-15-18-9-5-7-13-21(18)31-23)26-24(28)16-30-22-14-8-6-12-20(22)25(29)27-19-10-3-2-4-11-19/h2-15,17H,16H2,1H3,(H,26,28)(H,27,29)/t17-/m1/s1. The first-order valence-corrected chi connectivity index (χ1v) is 9.96. The van der Waals surface area contributed by atoms with E-state index in [0.29, 0.717) is 22.8 Å². The molecule has 4 aromatic rings. The van der Waals surface area contributed by atoms with Gasteiger partial charge < -0.3 is 19.8 Å². The van der Waals surface area contributed by atoms with Crippen LogP contribution in [0.5, 0.6) is 5.75 Å². The fourth-order valence-corrected chi connectivity index (χ4v) is 3.21. The average Bonchev–Trinajstić information content (AvgIpc) is 3.23. The van der Waals surface area contributed by atoms with Crippen LogP contribution in [-0.4, -0.2) is 18.4 Å². The second-order valence-corrected chi connectivity index (χ2v) is 7.08. The Labute approximate surface area is 179 Å². The van der Waals surface area contributed by atoms with Crippen LogP contribution in [0.2, 0.25) is 0 Å². The van der Waals surface area contributed by atoms with Gasteiger partial charge in [-0.25, -0.2) is 0 Å². The molecule has 0 aliphatic heterocycles. The smallest absolute Gasteiger partial charge is 0.259 e. The largest absolute Gasteiger partial charge is 0.483 e. The van der Waals surface area contributed by atoms with E-state index in [9.17, 15) is 9.59 Å². The van der Waals surface area contributed by atoms with Crippen molar-refractivity contribution in [2.24, 2.45) is 0 Å². The van der Waals surface area contributed by atoms with E-state index in [2.05, 4.69) is 10.6 Å². The number of nitrogens with one attached hydrogen (secondary N) is 2. The molecule has 0 aliphatic carbocycles. The number of furan rings is 1. The zero-order valence-corrected chi connectivity index (χ0v) is 17.0.